The Bertz CT molecular complexity index is 1400. The van der Waals surface area contributed by atoms with Crippen LogP contribution in [0.15, 0.2) is 60.0 Å². The van der Waals surface area contributed by atoms with Crippen LogP contribution in [0, 0.1) is 5.92 Å². The molecule has 2 aromatic carbocycles. The second-order valence-electron chi connectivity index (χ2n) is 8.53. The number of nitrogens with zero attached hydrogens (tertiary/aromatic N) is 4. The molecular weight excluding hydrogens is 464 g/mol. The van der Waals surface area contributed by atoms with Gasteiger partial charge in [0, 0.05) is 36.5 Å². The second-order valence-corrected chi connectivity index (χ2v) is 9.37. The van der Waals surface area contributed by atoms with E-state index >= 15 is 0 Å². The Morgan fingerprint density at radius 1 is 1.09 bits per heavy atom. The Kier molecular flexibility index (Phi) is 6.04. The standard InChI is InChI=1S/C25H24N6O3S/c1-15(17-6-4-3-5-7-17)30-13-19(12-22(30)33)23(34)27-24-28-25-31(29-24)21(14-35-25)18-8-10-20(11-9-18)26-16(2)32/h3-11,14-15,19H,12-13H2,1-2H3,(H,26,32)(H,27,29,34). The molecular formula is C25H24N6O3S. The fourth-order valence-electron chi connectivity index (χ4n) is 4.27. The summed E-state index contributed by atoms with van der Waals surface area (Å²) in [4.78, 5) is 43.6. The number of carbonyl (C=O) groups is 3. The third-order valence-corrected chi connectivity index (χ3v) is 6.91. The molecule has 178 valence electrons. The molecule has 0 radical (unpaired) electrons. The van der Waals surface area contributed by atoms with E-state index in [0.29, 0.717) is 17.2 Å². The van der Waals surface area contributed by atoms with Crippen molar-refractivity contribution in [2.75, 3.05) is 17.2 Å². The van der Waals surface area contributed by atoms with Gasteiger partial charge in [-0.05, 0) is 24.6 Å². The third-order valence-electron chi connectivity index (χ3n) is 6.10. The van der Waals surface area contributed by atoms with Crippen molar-refractivity contribution in [3.63, 3.8) is 0 Å². The highest BCUT2D eigenvalue weighted by Gasteiger charge is 2.37. The number of rotatable bonds is 6. The summed E-state index contributed by atoms with van der Waals surface area (Å²) >= 11 is 1.41. The van der Waals surface area contributed by atoms with Crippen LogP contribution >= 0.6 is 11.3 Å². The van der Waals surface area contributed by atoms with E-state index in [4.69, 9.17) is 0 Å². The van der Waals surface area contributed by atoms with Crippen molar-refractivity contribution < 1.29 is 14.4 Å². The average Bonchev–Trinajstić information content (AvgIpc) is 3.53. The van der Waals surface area contributed by atoms with Gasteiger partial charge in [0.1, 0.15) is 0 Å². The van der Waals surface area contributed by atoms with E-state index in [1.54, 1.807) is 9.42 Å². The van der Waals surface area contributed by atoms with Gasteiger partial charge < -0.3 is 10.2 Å². The van der Waals surface area contributed by atoms with Crippen LogP contribution in [0.2, 0.25) is 0 Å². The summed E-state index contributed by atoms with van der Waals surface area (Å²) in [5, 5.41) is 11.9. The Balaban J connectivity index is 1.28. The highest BCUT2D eigenvalue weighted by atomic mass is 32.1. The van der Waals surface area contributed by atoms with E-state index in [9.17, 15) is 14.4 Å². The van der Waals surface area contributed by atoms with E-state index in [1.807, 2.05) is 66.9 Å². The monoisotopic (exact) mass is 488 g/mol. The number of carbonyl (C=O) groups excluding carboxylic acids is 3. The second kappa shape index (κ2) is 9.30. The first-order chi connectivity index (χ1) is 16.9. The van der Waals surface area contributed by atoms with Crippen molar-refractivity contribution in [2.45, 2.75) is 26.3 Å². The summed E-state index contributed by atoms with van der Waals surface area (Å²) in [5.74, 6) is -0.684. The lowest BCUT2D eigenvalue weighted by Gasteiger charge is -2.25. The quantitative estimate of drug-likeness (QED) is 0.427. The van der Waals surface area contributed by atoms with Crippen LogP contribution in [0.5, 0.6) is 0 Å². The first-order valence-electron chi connectivity index (χ1n) is 11.3. The molecule has 3 heterocycles. The fourth-order valence-corrected chi connectivity index (χ4v) is 5.10. The van der Waals surface area contributed by atoms with Crippen LogP contribution in [0.3, 0.4) is 0 Å². The average molecular weight is 489 g/mol. The maximum atomic E-state index is 12.9. The first-order valence-corrected chi connectivity index (χ1v) is 12.1. The van der Waals surface area contributed by atoms with Crippen molar-refractivity contribution in [1.29, 1.82) is 0 Å². The molecule has 9 nitrogen and oxygen atoms in total. The molecule has 10 heteroatoms. The van der Waals surface area contributed by atoms with E-state index in [1.165, 1.54) is 18.3 Å². The van der Waals surface area contributed by atoms with Gasteiger partial charge in [-0.1, -0.05) is 42.5 Å². The molecule has 0 saturated carbocycles. The first kappa shape index (κ1) is 22.7. The zero-order valence-corrected chi connectivity index (χ0v) is 20.1. The highest BCUT2D eigenvalue weighted by Crippen LogP contribution is 2.30. The van der Waals surface area contributed by atoms with Crippen LogP contribution in [0.1, 0.15) is 31.9 Å². The number of benzene rings is 2. The topological polar surface area (TPSA) is 109 Å². The lowest BCUT2D eigenvalue weighted by atomic mass is 10.1. The minimum atomic E-state index is -0.462. The van der Waals surface area contributed by atoms with Crippen molar-refractivity contribution in [3.05, 3.63) is 65.5 Å². The number of amides is 3. The van der Waals surface area contributed by atoms with Gasteiger partial charge in [-0.15, -0.1) is 16.4 Å². The van der Waals surface area contributed by atoms with E-state index in [2.05, 4.69) is 20.7 Å². The molecule has 35 heavy (non-hydrogen) atoms. The van der Waals surface area contributed by atoms with E-state index in [0.717, 1.165) is 16.8 Å². The molecule has 1 aliphatic heterocycles. The molecule has 2 atom stereocenters. The summed E-state index contributed by atoms with van der Waals surface area (Å²) in [6, 6.07) is 17.1. The predicted octanol–water partition coefficient (Wildman–Crippen LogP) is 3.96. The highest BCUT2D eigenvalue weighted by molar-refractivity contribution is 7.15. The predicted molar refractivity (Wildman–Crippen MR) is 134 cm³/mol. The van der Waals surface area contributed by atoms with Crippen LogP contribution in [-0.2, 0) is 14.4 Å². The lowest BCUT2D eigenvalue weighted by Crippen LogP contribution is -2.30. The molecule has 2 aromatic heterocycles. The van der Waals surface area contributed by atoms with Gasteiger partial charge in [0.05, 0.1) is 17.7 Å². The molecule has 5 rings (SSSR count). The van der Waals surface area contributed by atoms with Crippen molar-refractivity contribution in [1.82, 2.24) is 19.5 Å². The molecule has 3 amide bonds. The number of aromatic nitrogens is 3. The van der Waals surface area contributed by atoms with E-state index in [-0.39, 0.29) is 36.1 Å². The van der Waals surface area contributed by atoms with Gasteiger partial charge in [-0.3, -0.25) is 19.7 Å². The number of thiazole rings is 1. The molecule has 2 unspecified atom stereocenters. The molecule has 0 bridgehead atoms. The molecule has 2 N–H and O–H groups in total. The summed E-state index contributed by atoms with van der Waals surface area (Å²) in [5.41, 5.74) is 3.47. The molecule has 4 aromatic rings. The smallest absolute Gasteiger partial charge is 0.250 e. The van der Waals surface area contributed by atoms with Gasteiger partial charge in [-0.2, -0.15) is 4.98 Å². The minimum absolute atomic E-state index is 0.0368. The molecule has 1 aliphatic rings. The molecule has 1 fully saturated rings. The molecule has 1 saturated heterocycles. The number of fused-ring (bicyclic) bond motifs is 1. The zero-order valence-electron chi connectivity index (χ0n) is 19.3. The maximum Gasteiger partial charge on any atom is 0.250 e. The lowest BCUT2D eigenvalue weighted by molar-refractivity contribution is -0.129. The minimum Gasteiger partial charge on any atom is -0.335 e. The van der Waals surface area contributed by atoms with Gasteiger partial charge >= 0.3 is 0 Å². The van der Waals surface area contributed by atoms with Crippen LogP contribution in [0.25, 0.3) is 16.2 Å². The Hall–Kier alpha value is -4.05. The number of anilines is 2. The number of hydrogen-bond acceptors (Lipinski definition) is 6. The Morgan fingerprint density at radius 2 is 1.83 bits per heavy atom. The van der Waals surface area contributed by atoms with Gasteiger partial charge in [0.2, 0.25) is 28.6 Å². The Morgan fingerprint density at radius 3 is 2.54 bits per heavy atom. The molecule has 0 spiro atoms. The summed E-state index contributed by atoms with van der Waals surface area (Å²) in [6.45, 7) is 3.79. The SMILES string of the molecule is CC(=O)Nc1ccc(-c2csc3nc(NC(=O)C4CC(=O)N(C(C)c5ccccc5)C4)nn23)cc1. The Labute approximate surface area is 205 Å². The largest absolute Gasteiger partial charge is 0.335 e. The van der Waals surface area contributed by atoms with Gasteiger partial charge in [0.25, 0.3) is 0 Å². The van der Waals surface area contributed by atoms with Crippen molar-refractivity contribution >= 4 is 45.7 Å². The third kappa shape index (κ3) is 4.65. The number of likely N-dealkylation sites (tertiary alicyclic amines) is 1. The van der Waals surface area contributed by atoms with Crippen LogP contribution < -0.4 is 10.6 Å². The number of nitrogens with one attached hydrogen (secondary N) is 2. The van der Waals surface area contributed by atoms with Crippen molar-refractivity contribution in [3.8, 4) is 11.3 Å². The fraction of sp³-hybridized carbons (Fsp3) is 0.240. The number of hydrogen-bond donors (Lipinski definition) is 2. The maximum absolute atomic E-state index is 12.9. The van der Waals surface area contributed by atoms with E-state index < -0.39 is 5.92 Å². The summed E-state index contributed by atoms with van der Waals surface area (Å²) in [7, 11) is 0. The molecule has 0 aliphatic carbocycles. The van der Waals surface area contributed by atoms with Crippen molar-refractivity contribution in [2.24, 2.45) is 5.92 Å². The summed E-state index contributed by atoms with van der Waals surface area (Å²) in [6.07, 6.45) is 0.164. The van der Waals surface area contributed by atoms with Crippen LogP contribution in [-0.4, -0.2) is 43.8 Å². The normalized spacial score (nSPS) is 16.5. The zero-order chi connectivity index (χ0) is 24.5. The summed E-state index contributed by atoms with van der Waals surface area (Å²) < 4.78 is 1.68. The van der Waals surface area contributed by atoms with Crippen LogP contribution in [0.4, 0.5) is 11.6 Å². The van der Waals surface area contributed by atoms with Gasteiger partial charge in [0.15, 0.2) is 0 Å². The van der Waals surface area contributed by atoms with Gasteiger partial charge in [-0.25, -0.2) is 4.52 Å².